The Bertz CT molecular complexity index is 669. The third-order valence-corrected chi connectivity index (χ3v) is 4.10. The number of pyridine rings is 1. The average molecular weight is 301 g/mol. The molecule has 2 nitrogen and oxygen atoms in total. The summed E-state index contributed by atoms with van der Waals surface area (Å²) in [7, 11) is 0. The molecule has 0 N–H and O–H groups in total. The molecule has 0 fully saturated rings. The van der Waals surface area contributed by atoms with Crippen molar-refractivity contribution in [1.82, 2.24) is 4.57 Å². The molecule has 0 aliphatic rings. The Morgan fingerprint density at radius 1 is 1.00 bits per heavy atom. The molecule has 21 heavy (non-hydrogen) atoms. The topological polar surface area (TPSA) is 22.0 Å². The number of hydrogen-bond acceptors (Lipinski definition) is 2. The van der Waals surface area contributed by atoms with Crippen molar-refractivity contribution in [1.29, 1.82) is 0 Å². The summed E-state index contributed by atoms with van der Waals surface area (Å²) in [6.07, 6.45) is 0. The zero-order valence-corrected chi connectivity index (χ0v) is 14.0. The number of nitrogens with zero attached hydrogens (tertiary/aromatic N) is 1. The summed E-state index contributed by atoms with van der Waals surface area (Å²) in [5.74, 6) is 0.982. The summed E-state index contributed by atoms with van der Waals surface area (Å²) >= 11 is 4.24. The first-order chi connectivity index (χ1) is 9.95. The van der Waals surface area contributed by atoms with Crippen LogP contribution in [0.3, 0.4) is 0 Å². The first kappa shape index (κ1) is 15.9. The van der Waals surface area contributed by atoms with Crippen LogP contribution in [0, 0.1) is 0 Å². The normalized spacial score (nSPS) is 11.4. The van der Waals surface area contributed by atoms with Crippen molar-refractivity contribution < 1.29 is 0 Å². The van der Waals surface area contributed by atoms with E-state index in [4.69, 9.17) is 0 Å². The van der Waals surface area contributed by atoms with Crippen LogP contribution in [-0.4, -0.2) is 4.57 Å². The molecule has 3 heteroatoms. The Labute approximate surface area is 132 Å². The molecule has 0 aliphatic heterocycles. The number of rotatable bonds is 4. The third-order valence-electron chi connectivity index (χ3n) is 3.76. The minimum atomic E-state index is 0.0606. The number of aromatic nitrogens is 1. The zero-order chi connectivity index (χ0) is 15.6. The van der Waals surface area contributed by atoms with Crippen LogP contribution in [0.4, 0.5) is 0 Å². The monoisotopic (exact) mass is 301 g/mol. The van der Waals surface area contributed by atoms with Crippen molar-refractivity contribution in [2.45, 2.75) is 45.4 Å². The zero-order valence-electron chi connectivity index (χ0n) is 13.1. The van der Waals surface area contributed by atoms with Crippen LogP contribution in [0.2, 0.25) is 0 Å². The summed E-state index contributed by atoms with van der Waals surface area (Å²) in [6.45, 7) is 8.44. The van der Waals surface area contributed by atoms with Crippen LogP contribution >= 0.6 is 12.6 Å². The van der Waals surface area contributed by atoms with E-state index in [-0.39, 0.29) is 11.6 Å². The fraction of sp³-hybridized carbons (Fsp3) is 0.389. The largest absolute Gasteiger partial charge is 0.306 e. The van der Waals surface area contributed by atoms with Crippen LogP contribution in [0.1, 0.15) is 50.8 Å². The molecule has 1 heterocycles. The molecule has 0 amide bonds. The lowest BCUT2D eigenvalue weighted by Gasteiger charge is -2.18. The van der Waals surface area contributed by atoms with Crippen molar-refractivity contribution in [3.8, 4) is 11.3 Å². The Kier molecular flexibility index (Phi) is 4.94. The van der Waals surface area contributed by atoms with Gasteiger partial charge >= 0.3 is 0 Å². The molecule has 0 aliphatic carbocycles. The molecule has 1 aromatic heterocycles. The van der Waals surface area contributed by atoms with Gasteiger partial charge in [0.1, 0.15) is 0 Å². The lowest BCUT2D eigenvalue weighted by molar-refractivity contribution is 0.582. The maximum atomic E-state index is 12.5. The highest BCUT2D eigenvalue weighted by molar-refractivity contribution is 7.79. The SMILES string of the molecule is CC(C)c1ccc(-c2ccc(CS)c(=O)n2C(C)C)cc1. The van der Waals surface area contributed by atoms with Gasteiger partial charge in [-0.1, -0.05) is 44.2 Å². The van der Waals surface area contributed by atoms with Crippen LogP contribution in [-0.2, 0) is 5.75 Å². The Balaban J connectivity index is 2.58. The molecule has 0 unspecified atom stereocenters. The minimum absolute atomic E-state index is 0.0606. The lowest BCUT2D eigenvalue weighted by atomic mass is 10.00. The van der Waals surface area contributed by atoms with Crippen LogP contribution < -0.4 is 5.56 Å². The Morgan fingerprint density at radius 3 is 2.10 bits per heavy atom. The van der Waals surface area contributed by atoms with E-state index in [1.165, 1.54) is 5.56 Å². The van der Waals surface area contributed by atoms with E-state index in [1.54, 1.807) is 0 Å². The molecule has 0 atom stereocenters. The summed E-state index contributed by atoms with van der Waals surface area (Å²) in [4.78, 5) is 12.5. The van der Waals surface area contributed by atoms with E-state index in [1.807, 2.05) is 30.5 Å². The van der Waals surface area contributed by atoms with Crippen LogP contribution in [0.5, 0.6) is 0 Å². The van der Waals surface area contributed by atoms with Crippen molar-refractivity contribution >= 4 is 12.6 Å². The van der Waals surface area contributed by atoms with E-state index < -0.39 is 0 Å². The molecule has 2 aromatic rings. The van der Waals surface area contributed by atoms with E-state index in [0.29, 0.717) is 11.7 Å². The van der Waals surface area contributed by atoms with Crippen LogP contribution in [0.25, 0.3) is 11.3 Å². The molecule has 0 bridgehead atoms. The van der Waals surface area contributed by atoms with Gasteiger partial charge in [0.15, 0.2) is 0 Å². The third kappa shape index (κ3) is 3.24. The van der Waals surface area contributed by atoms with E-state index in [2.05, 4.69) is 50.7 Å². The van der Waals surface area contributed by atoms with Gasteiger partial charge in [-0.05, 0) is 37.0 Å². The smallest absolute Gasteiger partial charge is 0.255 e. The minimum Gasteiger partial charge on any atom is -0.306 e. The molecule has 1 aromatic carbocycles. The molecule has 0 spiro atoms. The van der Waals surface area contributed by atoms with Gasteiger partial charge in [0, 0.05) is 17.4 Å². The van der Waals surface area contributed by atoms with Gasteiger partial charge in [-0.25, -0.2) is 0 Å². The Morgan fingerprint density at radius 2 is 1.62 bits per heavy atom. The molecular formula is C18H23NOS. The molecular weight excluding hydrogens is 278 g/mol. The molecule has 2 rings (SSSR count). The fourth-order valence-corrected chi connectivity index (χ4v) is 2.74. The first-order valence-electron chi connectivity index (χ1n) is 7.41. The van der Waals surface area contributed by atoms with Gasteiger partial charge in [-0.2, -0.15) is 12.6 Å². The fourth-order valence-electron chi connectivity index (χ4n) is 2.50. The van der Waals surface area contributed by atoms with Gasteiger partial charge in [-0.3, -0.25) is 4.79 Å². The van der Waals surface area contributed by atoms with Gasteiger partial charge < -0.3 is 4.57 Å². The standard InChI is InChI=1S/C18H23NOS/c1-12(2)14-5-7-15(8-6-14)17-10-9-16(11-21)18(20)19(17)13(3)4/h5-10,12-13,21H,11H2,1-4H3. The van der Waals surface area contributed by atoms with Crippen molar-refractivity contribution in [3.63, 3.8) is 0 Å². The predicted molar refractivity (Wildman–Crippen MR) is 93.3 cm³/mol. The Hall–Kier alpha value is -1.48. The van der Waals surface area contributed by atoms with Gasteiger partial charge in [0.2, 0.25) is 0 Å². The van der Waals surface area contributed by atoms with Gasteiger partial charge in [-0.15, -0.1) is 0 Å². The first-order valence-corrected chi connectivity index (χ1v) is 8.04. The highest BCUT2D eigenvalue weighted by Gasteiger charge is 2.12. The second-order valence-electron chi connectivity index (χ2n) is 5.95. The van der Waals surface area contributed by atoms with Crippen LogP contribution in [0.15, 0.2) is 41.2 Å². The second-order valence-corrected chi connectivity index (χ2v) is 6.26. The van der Waals surface area contributed by atoms with Crippen molar-refractivity contribution in [3.05, 3.63) is 57.9 Å². The molecule has 112 valence electrons. The molecule has 0 saturated heterocycles. The van der Waals surface area contributed by atoms with Crippen molar-refractivity contribution in [2.24, 2.45) is 0 Å². The van der Waals surface area contributed by atoms with E-state index in [0.717, 1.165) is 16.8 Å². The summed E-state index contributed by atoms with van der Waals surface area (Å²) in [6, 6.07) is 12.5. The summed E-state index contributed by atoms with van der Waals surface area (Å²) < 4.78 is 1.86. The number of benzene rings is 1. The van der Waals surface area contributed by atoms with Gasteiger partial charge in [0.05, 0.1) is 5.69 Å². The number of thiol groups is 1. The molecule has 0 saturated carbocycles. The molecule has 0 radical (unpaired) electrons. The highest BCUT2D eigenvalue weighted by atomic mass is 32.1. The highest BCUT2D eigenvalue weighted by Crippen LogP contribution is 2.24. The predicted octanol–water partition coefficient (Wildman–Crippen LogP) is 4.65. The van der Waals surface area contributed by atoms with E-state index in [9.17, 15) is 4.79 Å². The summed E-state index contributed by atoms with van der Waals surface area (Å²) in [5.41, 5.74) is 4.16. The second kappa shape index (κ2) is 6.52. The maximum Gasteiger partial charge on any atom is 0.255 e. The number of hydrogen-bond donors (Lipinski definition) is 1. The van der Waals surface area contributed by atoms with Gasteiger partial charge in [0.25, 0.3) is 5.56 Å². The maximum absolute atomic E-state index is 12.5. The van der Waals surface area contributed by atoms with E-state index >= 15 is 0 Å². The summed E-state index contributed by atoms with van der Waals surface area (Å²) in [5, 5.41) is 0. The quantitative estimate of drug-likeness (QED) is 0.816. The lowest BCUT2D eigenvalue weighted by Crippen LogP contribution is -2.26. The average Bonchev–Trinajstić information content (AvgIpc) is 2.46. The van der Waals surface area contributed by atoms with Crippen molar-refractivity contribution in [2.75, 3.05) is 0 Å².